The second kappa shape index (κ2) is 11.6. The molecule has 1 aliphatic heterocycles. The highest BCUT2D eigenvalue weighted by Gasteiger charge is 2.57. The molecule has 7 nitrogen and oxygen atoms in total. The fourth-order valence-corrected chi connectivity index (χ4v) is 5.65. The number of benzene rings is 4. The molecule has 0 bridgehead atoms. The first-order chi connectivity index (χ1) is 20.2. The number of rotatable bonds is 6. The van der Waals surface area contributed by atoms with E-state index in [1.54, 1.807) is 30.3 Å². The molecule has 0 aromatic heterocycles. The van der Waals surface area contributed by atoms with Crippen molar-refractivity contribution in [3.63, 3.8) is 0 Å². The third kappa shape index (κ3) is 5.47. The van der Waals surface area contributed by atoms with Crippen LogP contribution in [0.15, 0.2) is 97.1 Å². The lowest BCUT2D eigenvalue weighted by Gasteiger charge is -2.30. The number of hydrogen-bond acceptors (Lipinski definition) is 4. The van der Waals surface area contributed by atoms with Gasteiger partial charge in [-0.05, 0) is 72.6 Å². The predicted molar refractivity (Wildman–Crippen MR) is 151 cm³/mol. The summed E-state index contributed by atoms with van der Waals surface area (Å²) in [7, 11) is 0. The minimum atomic E-state index is -1.55. The smallest absolute Gasteiger partial charge is 0.327 e. The Labute approximate surface area is 240 Å². The number of anilines is 1. The van der Waals surface area contributed by atoms with Crippen molar-refractivity contribution in [3.05, 3.63) is 137 Å². The number of aliphatic carboxylic acids is 1. The van der Waals surface area contributed by atoms with Crippen LogP contribution >= 0.6 is 0 Å². The maximum absolute atomic E-state index is 14.4. The number of amides is 2. The second-order valence-electron chi connectivity index (χ2n) is 10.1. The van der Waals surface area contributed by atoms with Gasteiger partial charge in [-0.25, -0.2) is 18.4 Å². The highest BCUT2D eigenvalue weighted by Crippen LogP contribution is 2.51. The van der Waals surface area contributed by atoms with E-state index >= 15 is 0 Å². The summed E-state index contributed by atoms with van der Waals surface area (Å²) in [5.41, 5.74) is 2.50. The molecule has 0 saturated carbocycles. The largest absolute Gasteiger partial charge is 0.480 e. The summed E-state index contributed by atoms with van der Waals surface area (Å²) in [5.74, 6) is -5.00. The Morgan fingerprint density at radius 3 is 2.02 bits per heavy atom. The van der Waals surface area contributed by atoms with Crippen molar-refractivity contribution in [3.8, 4) is 6.07 Å². The summed E-state index contributed by atoms with van der Waals surface area (Å²) in [5, 5.41) is 22.6. The standard InChI is InChI=1S/C33H25F2N3O4/c1-19-3-2-4-23(17-19)31(39)28-27(21-9-11-24(34)12-10-21)30(32(40)41)38(29(28)22-7-5-20(18-36)6-8-22)33(42)37-26-15-13-25(35)14-16-26/h2-17,27-30H,1H3,(H,37,42)(H,40,41). The number of nitrogens with zero attached hydrogens (tertiary/aromatic N) is 2. The van der Waals surface area contributed by atoms with E-state index in [9.17, 15) is 33.5 Å². The summed E-state index contributed by atoms with van der Waals surface area (Å²) in [6.45, 7) is 1.82. The number of nitrogens with one attached hydrogen (secondary N) is 1. The number of Topliss-reactive ketones (excluding diaryl/α,β-unsaturated/α-hetero) is 1. The Balaban J connectivity index is 1.73. The number of ketones is 1. The number of urea groups is 1. The highest BCUT2D eigenvalue weighted by molar-refractivity contribution is 6.02. The number of aryl methyl sites for hydroxylation is 1. The molecule has 0 aliphatic carbocycles. The van der Waals surface area contributed by atoms with E-state index in [-0.39, 0.29) is 5.69 Å². The number of carboxylic acids is 1. The summed E-state index contributed by atoms with van der Waals surface area (Å²) >= 11 is 0. The molecule has 1 saturated heterocycles. The van der Waals surface area contributed by atoms with Gasteiger partial charge < -0.3 is 15.3 Å². The van der Waals surface area contributed by atoms with E-state index in [1.165, 1.54) is 48.5 Å². The summed E-state index contributed by atoms with van der Waals surface area (Å²) < 4.78 is 27.5. The average Bonchev–Trinajstić information content (AvgIpc) is 3.35. The predicted octanol–water partition coefficient (Wildman–Crippen LogP) is 6.47. The Kier molecular flexibility index (Phi) is 7.80. The van der Waals surface area contributed by atoms with E-state index in [1.807, 2.05) is 19.1 Å². The van der Waals surface area contributed by atoms with Crippen molar-refractivity contribution in [1.29, 1.82) is 5.26 Å². The summed E-state index contributed by atoms with van der Waals surface area (Å²) in [6, 6.07) is 21.8. The van der Waals surface area contributed by atoms with Gasteiger partial charge in [-0.3, -0.25) is 4.79 Å². The zero-order valence-electron chi connectivity index (χ0n) is 22.4. The van der Waals surface area contributed by atoms with Crippen LogP contribution in [0.25, 0.3) is 0 Å². The van der Waals surface area contributed by atoms with Crippen LogP contribution in [0.2, 0.25) is 0 Å². The van der Waals surface area contributed by atoms with Crippen molar-refractivity contribution in [2.24, 2.45) is 5.92 Å². The highest BCUT2D eigenvalue weighted by atomic mass is 19.1. The summed E-state index contributed by atoms with van der Waals surface area (Å²) in [6.07, 6.45) is 0. The number of likely N-dealkylation sites (tertiary alicyclic amines) is 1. The van der Waals surface area contributed by atoms with Crippen LogP contribution < -0.4 is 5.32 Å². The Hall–Kier alpha value is -5.36. The molecule has 5 rings (SSSR count). The van der Waals surface area contributed by atoms with Crippen molar-refractivity contribution in [1.82, 2.24) is 4.90 Å². The number of carbonyl (C=O) groups excluding carboxylic acids is 2. The van der Waals surface area contributed by atoms with Gasteiger partial charge in [-0.15, -0.1) is 0 Å². The van der Waals surface area contributed by atoms with Crippen molar-refractivity contribution in [2.75, 3.05) is 5.32 Å². The molecule has 1 heterocycles. The first-order valence-electron chi connectivity index (χ1n) is 13.1. The molecule has 2 amide bonds. The van der Waals surface area contributed by atoms with Gasteiger partial charge in [0.2, 0.25) is 0 Å². The van der Waals surface area contributed by atoms with E-state index in [0.29, 0.717) is 22.3 Å². The number of halogens is 2. The quantitative estimate of drug-likeness (QED) is 0.261. The molecule has 4 unspecified atom stereocenters. The van der Waals surface area contributed by atoms with Gasteiger partial charge in [0.15, 0.2) is 5.78 Å². The maximum atomic E-state index is 14.4. The molecule has 0 spiro atoms. The van der Waals surface area contributed by atoms with Crippen molar-refractivity contribution < 1.29 is 28.3 Å². The third-order valence-electron chi connectivity index (χ3n) is 7.49. The van der Waals surface area contributed by atoms with Crippen LogP contribution in [0.1, 0.15) is 44.6 Å². The molecule has 210 valence electrons. The molecule has 0 radical (unpaired) electrons. The van der Waals surface area contributed by atoms with Gasteiger partial charge in [0, 0.05) is 17.2 Å². The van der Waals surface area contributed by atoms with Crippen LogP contribution in [-0.4, -0.2) is 33.8 Å². The minimum Gasteiger partial charge on any atom is -0.480 e. The monoisotopic (exact) mass is 565 g/mol. The molecule has 1 aliphatic rings. The van der Waals surface area contributed by atoms with E-state index in [2.05, 4.69) is 5.32 Å². The first-order valence-corrected chi connectivity index (χ1v) is 13.1. The van der Waals surface area contributed by atoms with Crippen molar-refractivity contribution in [2.45, 2.75) is 24.9 Å². The number of carbonyl (C=O) groups is 3. The van der Waals surface area contributed by atoms with Gasteiger partial charge in [0.05, 0.1) is 23.6 Å². The minimum absolute atomic E-state index is 0.218. The first kappa shape index (κ1) is 28.2. The fourth-order valence-electron chi connectivity index (χ4n) is 5.65. The average molecular weight is 566 g/mol. The van der Waals surface area contributed by atoms with Gasteiger partial charge in [0.25, 0.3) is 0 Å². The second-order valence-corrected chi connectivity index (χ2v) is 10.1. The summed E-state index contributed by atoms with van der Waals surface area (Å²) in [4.78, 5) is 42.4. The normalized spacial score (nSPS) is 19.6. The maximum Gasteiger partial charge on any atom is 0.327 e. The molecule has 2 N–H and O–H groups in total. The van der Waals surface area contributed by atoms with E-state index in [4.69, 9.17) is 0 Å². The molecule has 4 aromatic rings. The van der Waals surface area contributed by atoms with Crippen molar-refractivity contribution >= 4 is 23.5 Å². The zero-order chi connectivity index (χ0) is 30.0. The molecule has 4 aromatic carbocycles. The Morgan fingerprint density at radius 2 is 1.45 bits per heavy atom. The third-order valence-corrected chi connectivity index (χ3v) is 7.49. The van der Waals surface area contributed by atoms with Crippen LogP contribution in [0.4, 0.5) is 19.3 Å². The topological polar surface area (TPSA) is 110 Å². The van der Waals surface area contributed by atoms with Crippen LogP contribution in [0.3, 0.4) is 0 Å². The Bertz CT molecular complexity index is 1680. The lowest BCUT2D eigenvalue weighted by molar-refractivity contribution is -0.142. The molecule has 4 atom stereocenters. The van der Waals surface area contributed by atoms with Gasteiger partial charge in [-0.1, -0.05) is 48.0 Å². The lowest BCUT2D eigenvalue weighted by atomic mass is 9.76. The van der Waals surface area contributed by atoms with Crippen LogP contribution in [0, 0.1) is 35.8 Å². The fraction of sp³-hybridized carbons (Fsp3) is 0.152. The molecule has 9 heteroatoms. The molecular weight excluding hydrogens is 540 g/mol. The van der Waals surface area contributed by atoms with E-state index in [0.717, 1.165) is 22.6 Å². The molecule has 1 fully saturated rings. The Morgan fingerprint density at radius 1 is 0.857 bits per heavy atom. The van der Waals surface area contributed by atoms with Gasteiger partial charge in [-0.2, -0.15) is 5.26 Å². The van der Waals surface area contributed by atoms with Gasteiger partial charge in [0.1, 0.15) is 17.7 Å². The molecular formula is C33H25F2N3O4. The lowest BCUT2D eigenvalue weighted by Crippen LogP contribution is -2.45. The number of hydrogen-bond donors (Lipinski definition) is 2. The zero-order valence-corrected chi connectivity index (χ0v) is 22.4. The van der Waals surface area contributed by atoms with Gasteiger partial charge >= 0.3 is 12.0 Å². The number of nitriles is 1. The van der Waals surface area contributed by atoms with E-state index < -0.39 is 53.3 Å². The van der Waals surface area contributed by atoms with Crippen LogP contribution in [-0.2, 0) is 4.79 Å². The number of carboxylic acid groups (broad SMARTS) is 1. The molecule has 42 heavy (non-hydrogen) atoms. The SMILES string of the molecule is Cc1cccc(C(=O)C2C(c3ccc(F)cc3)C(C(=O)O)N(C(=O)Nc3ccc(F)cc3)C2c2ccc(C#N)cc2)c1. The van der Waals surface area contributed by atoms with Crippen LogP contribution in [0.5, 0.6) is 0 Å².